The summed E-state index contributed by atoms with van der Waals surface area (Å²) in [6.07, 6.45) is 0. The first-order chi connectivity index (χ1) is 6.07. The molecule has 0 aromatic heterocycles. The number of Topliss-reactive ketones (excluding diaryl/α,β-unsaturated/α-hetero) is 1. The summed E-state index contributed by atoms with van der Waals surface area (Å²) in [6.45, 7) is 1.71. The zero-order chi connectivity index (χ0) is 10.0. The van der Waals surface area contributed by atoms with Gasteiger partial charge in [0, 0.05) is 5.69 Å². The number of phenolic OH excluding ortho intramolecular Hbond substituents is 1. The molecule has 70 valence electrons. The first kappa shape index (κ1) is 10.1. The van der Waals surface area contributed by atoms with Crippen molar-refractivity contribution in [3.8, 4) is 5.75 Å². The number of ketones is 1. The van der Waals surface area contributed by atoms with Crippen LogP contribution in [0.5, 0.6) is 5.75 Å². The summed E-state index contributed by atoms with van der Waals surface area (Å²) in [5.41, 5.74) is 7.05. The van der Waals surface area contributed by atoms with Crippen molar-refractivity contribution in [2.75, 3.05) is 11.1 Å². The van der Waals surface area contributed by atoms with Crippen molar-refractivity contribution in [2.24, 2.45) is 0 Å². The summed E-state index contributed by atoms with van der Waals surface area (Å²) in [5.74, 6) is -0.182. The van der Waals surface area contributed by atoms with E-state index in [1.165, 1.54) is 6.07 Å². The van der Waals surface area contributed by atoms with Gasteiger partial charge in [0.05, 0.1) is 10.9 Å². The van der Waals surface area contributed by atoms with Gasteiger partial charge in [0.25, 0.3) is 0 Å². The second-order valence-electron chi connectivity index (χ2n) is 2.73. The number of hydrogen-bond donors (Lipinski definition) is 2. The third-order valence-corrected chi connectivity index (χ3v) is 2.39. The number of hydrogen-bond acceptors (Lipinski definition) is 3. The predicted octanol–water partition coefficient (Wildman–Crippen LogP) is 1.86. The molecule has 0 heterocycles. The van der Waals surface area contributed by atoms with E-state index in [4.69, 9.17) is 5.73 Å². The lowest BCUT2D eigenvalue weighted by Gasteiger charge is -2.07. The SMILES string of the molecule is Cc1c(N)ccc(O)c1C(=O)CBr. The van der Waals surface area contributed by atoms with Crippen molar-refractivity contribution in [2.45, 2.75) is 6.92 Å². The van der Waals surface area contributed by atoms with E-state index in [1.54, 1.807) is 13.0 Å². The zero-order valence-corrected chi connectivity index (χ0v) is 8.76. The Morgan fingerprint density at radius 3 is 2.77 bits per heavy atom. The van der Waals surface area contributed by atoms with E-state index in [9.17, 15) is 9.90 Å². The molecule has 0 aliphatic carbocycles. The van der Waals surface area contributed by atoms with Gasteiger partial charge < -0.3 is 10.8 Å². The van der Waals surface area contributed by atoms with Gasteiger partial charge in [-0.25, -0.2) is 0 Å². The first-order valence-electron chi connectivity index (χ1n) is 3.75. The zero-order valence-electron chi connectivity index (χ0n) is 7.17. The van der Waals surface area contributed by atoms with E-state index in [0.29, 0.717) is 16.8 Å². The van der Waals surface area contributed by atoms with E-state index in [-0.39, 0.29) is 16.9 Å². The van der Waals surface area contributed by atoms with Gasteiger partial charge in [-0.15, -0.1) is 0 Å². The smallest absolute Gasteiger partial charge is 0.177 e. The molecule has 1 aromatic carbocycles. The Balaban J connectivity index is 3.33. The predicted molar refractivity (Wildman–Crippen MR) is 55.4 cm³/mol. The Morgan fingerprint density at radius 2 is 2.23 bits per heavy atom. The lowest BCUT2D eigenvalue weighted by atomic mass is 10.0. The van der Waals surface area contributed by atoms with Crippen LogP contribution in [-0.4, -0.2) is 16.2 Å². The summed E-state index contributed by atoms with van der Waals surface area (Å²) in [4.78, 5) is 11.3. The average molecular weight is 244 g/mol. The molecule has 13 heavy (non-hydrogen) atoms. The Kier molecular flexibility index (Phi) is 2.93. The number of rotatable bonds is 2. The minimum Gasteiger partial charge on any atom is -0.507 e. The van der Waals surface area contributed by atoms with E-state index < -0.39 is 0 Å². The van der Waals surface area contributed by atoms with Crippen LogP contribution in [0.25, 0.3) is 0 Å². The average Bonchev–Trinajstić information content (AvgIpc) is 2.12. The normalized spacial score (nSPS) is 10.0. The second kappa shape index (κ2) is 3.79. The fourth-order valence-electron chi connectivity index (χ4n) is 1.13. The largest absolute Gasteiger partial charge is 0.507 e. The Hall–Kier alpha value is -1.03. The fourth-order valence-corrected chi connectivity index (χ4v) is 1.41. The van der Waals surface area contributed by atoms with Crippen LogP contribution >= 0.6 is 15.9 Å². The molecule has 0 amide bonds. The highest BCUT2D eigenvalue weighted by atomic mass is 79.9. The molecule has 0 bridgehead atoms. The molecule has 1 aromatic rings. The number of benzene rings is 1. The summed E-state index contributed by atoms with van der Waals surface area (Å²) in [7, 11) is 0. The third-order valence-electron chi connectivity index (χ3n) is 1.89. The van der Waals surface area contributed by atoms with Gasteiger partial charge in [-0.1, -0.05) is 15.9 Å². The van der Waals surface area contributed by atoms with Crippen LogP contribution in [0.4, 0.5) is 5.69 Å². The second-order valence-corrected chi connectivity index (χ2v) is 3.29. The summed E-state index contributed by atoms with van der Waals surface area (Å²) in [6, 6.07) is 3.01. The maximum absolute atomic E-state index is 11.3. The summed E-state index contributed by atoms with van der Waals surface area (Å²) < 4.78 is 0. The molecule has 0 aliphatic rings. The van der Waals surface area contributed by atoms with Crippen LogP contribution < -0.4 is 5.73 Å². The molecule has 0 atom stereocenters. The van der Waals surface area contributed by atoms with E-state index in [2.05, 4.69) is 15.9 Å². The summed E-state index contributed by atoms with van der Waals surface area (Å²) >= 11 is 3.04. The number of nitrogens with two attached hydrogens (primary N) is 1. The number of carbonyl (C=O) groups excluding carboxylic acids is 1. The number of nitrogen functional groups attached to an aromatic ring is 1. The van der Waals surface area contributed by atoms with E-state index >= 15 is 0 Å². The van der Waals surface area contributed by atoms with Gasteiger partial charge >= 0.3 is 0 Å². The molecule has 0 unspecified atom stereocenters. The number of anilines is 1. The monoisotopic (exact) mass is 243 g/mol. The van der Waals surface area contributed by atoms with E-state index in [0.717, 1.165) is 0 Å². The number of carbonyl (C=O) groups is 1. The van der Waals surface area contributed by atoms with Crippen molar-refractivity contribution in [1.82, 2.24) is 0 Å². The summed E-state index contributed by atoms with van der Waals surface area (Å²) in [5, 5.41) is 9.61. The molecule has 1 rings (SSSR count). The molecular formula is C9H10BrNO2. The van der Waals surface area contributed by atoms with Crippen LogP contribution in [0.15, 0.2) is 12.1 Å². The topological polar surface area (TPSA) is 63.3 Å². The van der Waals surface area contributed by atoms with Gasteiger partial charge in [0.1, 0.15) is 5.75 Å². The van der Waals surface area contributed by atoms with Crippen molar-refractivity contribution in [3.05, 3.63) is 23.3 Å². The molecule has 0 aliphatic heterocycles. The highest BCUT2D eigenvalue weighted by Crippen LogP contribution is 2.26. The quantitative estimate of drug-likeness (QED) is 0.361. The lowest BCUT2D eigenvalue weighted by molar-refractivity contribution is 0.102. The van der Waals surface area contributed by atoms with E-state index in [1.807, 2.05) is 0 Å². The molecule has 0 fully saturated rings. The molecule has 3 nitrogen and oxygen atoms in total. The molecule has 0 radical (unpaired) electrons. The molecule has 0 saturated heterocycles. The van der Waals surface area contributed by atoms with Gasteiger partial charge in [-0.05, 0) is 24.6 Å². The maximum atomic E-state index is 11.3. The van der Waals surface area contributed by atoms with Crippen molar-refractivity contribution in [3.63, 3.8) is 0 Å². The van der Waals surface area contributed by atoms with Crippen LogP contribution in [0.3, 0.4) is 0 Å². The first-order valence-corrected chi connectivity index (χ1v) is 4.87. The van der Waals surface area contributed by atoms with Gasteiger partial charge in [0.2, 0.25) is 0 Å². The van der Waals surface area contributed by atoms with Crippen molar-refractivity contribution in [1.29, 1.82) is 0 Å². The molecule has 0 saturated carbocycles. The Morgan fingerprint density at radius 1 is 1.62 bits per heavy atom. The fraction of sp³-hybridized carbons (Fsp3) is 0.222. The number of alkyl halides is 1. The standard InChI is InChI=1S/C9H10BrNO2/c1-5-6(11)2-3-7(12)9(5)8(13)4-10/h2-3,12H,4,11H2,1H3. The van der Waals surface area contributed by atoms with Gasteiger partial charge in [-0.3, -0.25) is 4.79 Å². The number of halogens is 1. The maximum Gasteiger partial charge on any atom is 0.177 e. The van der Waals surface area contributed by atoms with Crippen LogP contribution in [0.1, 0.15) is 15.9 Å². The van der Waals surface area contributed by atoms with Crippen molar-refractivity contribution >= 4 is 27.4 Å². The molecular weight excluding hydrogens is 234 g/mol. The van der Waals surface area contributed by atoms with Crippen molar-refractivity contribution < 1.29 is 9.90 Å². The Bertz CT molecular complexity index is 350. The minimum atomic E-state index is -0.165. The molecule has 4 heteroatoms. The molecule has 3 N–H and O–H groups in total. The minimum absolute atomic E-state index is 0.0175. The highest BCUT2D eigenvalue weighted by molar-refractivity contribution is 9.09. The van der Waals surface area contributed by atoms with Gasteiger partial charge in [0.15, 0.2) is 5.78 Å². The lowest BCUT2D eigenvalue weighted by Crippen LogP contribution is -2.05. The van der Waals surface area contributed by atoms with Crippen LogP contribution in [0, 0.1) is 6.92 Å². The highest BCUT2D eigenvalue weighted by Gasteiger charge is 2.14. The number of aromatic hydroxyl groups is 1. The third kappa shape index (κ3) is 1.83. The Labute approximate surface area is 84.7 Å². The molecule has 0 spiro atoms. The van der Waals surface area contributed by atoms with Crippen LogP contribution in [0.2, 0.25) is 0 Å². The van der Waals surface area contributed by atoms with Gasteiger partial charge in [-0.2, -0.15) is 0 Å². The van der Waals surface area contributed by atoms with Crippen LogP contribution in [-0.2, 0) is 0 Å². The number of phenols is 1.